The largest absolute Gasteiger partial charge is 0.240 e. The van der Waals surface area contributed by atoms with Crippen LogP contribution in [0.15, 0.2) is 23.1 Å². The molecule has 0 atom stereocenters. The number of aryl methyl sites for hydroxylation is 1. The molecule has 0 saturated heterocycles. The molecule has 0 amide bonds. The molecule has 0 aliphatic carbocycles. The minimum absolute atomic E-state index is 0.0182. The number of hydrogen-bond donors (Lipinski definition) is 1. The fraction of sp³-hybridized carbons (Fsp3) is 0.538. The van der Waals surface area contributed by atoms with Crippen molar-refractivity contribution >= 4 is 20.0 Å². The summed E-state index contributed by atoms with van der Waals surface area (Å²) in [6, 6.07) is 3.39. The van der Waals surface area contributed by atoms with Gasteiger partial charge in [0.2, 0.25) is 20.0 Å². The molecule has 0 aliphatic rings. The molecule has 0 heterocycles. The zero-order valence-corrected chi connectivity index (χ0v) is 14.5. The van der Waals surface area contributed by atoms with Gasteiger partial charge >= 0.3 is 0 Å². The van der Waals surface area contributed by atoms with Crippen LogP contribution < -0.4 is 4.72 Å². The molecular formula is C13H21FN2O4S2. The Morgan fingerprint density at radius 3 is 2.32 bits per heavy atom. The summed E-state index contributed by atoms with van der Waals surface area (Å²) in [7, 11) is -7.18. The summed E-state index contributed by atoms with van der Waals surface area (Å²) in [5, 5.41) is 0. The second-order valence-corrected chi connectivity index (χ2v) is 8.69. The number of benzene rings is 1. The Balaban J connectivity index is 2.78. The molecule has 0 radical (unpaired) electrons. The van der Waals surface area contributed by atoms with E-state index >= 15 is 0 Å². The van der Waals surface area contributed by atoms with Gasteiger partial charge in [0.1, 0.15) is 5.82 Å². The third-order valence-corrected chi connectivity index (χ3v) is 5.95. The Morgan fingerprint density at radius 2 is 1.82 bits per heavy atom. The molecule has 6 nitrogen and oxygen atoms in total. The van der Waals surface area contributed by atoms with Gasteiger partial charge in [-0.3, -0.25) is 0 Å². The van der Waals surface area contributed by atoms with Crippen LogP contribution in [-0.2, 0) is 20.0 Å². The molecule has 22 heavy (non-hydrogen) atoms. The van der Waals surface area contributed by atoms with Crippen molar-refractivity contribution in [1.82, 2.24) is 9.03 Å². The molecule has 0 spiro atoms. The SMILES string of the molecule is CCCN(CCNS(=O)(=O)c1ccc(F)cc1C)S(C)(=O)=O. The van der Waals surface area contributed by atoms with Crippen molar-refractivity contribution in [2.45, 2.75) is 25.2 Å². The molecule has 1 aromatic rings. The summed E-state index contributed by atoms with van der Waals surface area (Å²) < 4.78 is 64.0. The molecule has 1 N–H and O–H groups in total. The quantitative estimate of drug-likeness (QED) is 0.759. The molecule has 126 valence electrons. The van der Waals surface area contributed by atoms with E-state index in [1.807, 2.05) is 6.92 Å². The van der Waals surface area contributed by atoms with Crippen molar-refractivity contribution in [2.75, 3.05) is 25.9 Å². The van der Waals surface area contributed by atoms with E-state index in [2.05, 4.69) is 4.72 Å². The van der Waals surface area contributed by atoms with Gasteiger partial charge in [0.25, 0.3) is 0 Å². The summed E-state index contributed by atoms with van der Waals surface area (Å²) in [5.41, 5.74) is 0.293. The van der Waals surface area contributed by atoms with Crippen molar-refractivity contribution in [2.24, 2.45) is 0 Å². The maximum Gasteiger partial charge on any atom is 0.240 e. The van der Waals surface area contributed by atoms with E-state index in [1.54, 1.807) is 0 Å². The number of hydrogen-bond acceptors (Lipinski definition) is 4. The van der Waals surface area contributed by atoms with E-state index in [0.29, 0.717) is 18.5 Å². The van der Waals surface area contributed by atoms with Crippen LogP contribution in [0.1, 0.15) is 18.9 Å². The lowest BCUT2D eigenvalue weighted by atomic mass is 10.2. The summed E-state index contributed by atoms with van der Waals surface area (Å²) in [4.78, 5) is -0.0182. The summed E-state index contributed by atoms with van der Waals surface area (Å²) in [6.07, 6.45) is 1.72. The molecule has 1 rings (SSSR count). The highest BCUT2D eigenvalue weighted by Crippen LogP contribution is 2.15. The Bertz CT molecular complexity index is 718. The van der Waals surface area contributed by atoms with E-state index in [9.17, 15) is 21.2 Å². The fourth-order valence-corrected chi connectivity index (χ4v) is 4.17. The van der Waals surface area contributed by atoms with Crippen LogP contribution in [0.5, 0.6) is 0 Å². The minimum atomic E-state index is -3.80. The highest BCUT2D eigenvalue weighted by molar-refractivity contribution is 7.89. The highest BCUT2D eigenvalue weighted by Gasteiger charge is 2.19. The van der Waals surface area contributed by atoms with Crippen LogP contribution in [-0.4, -0.2) is 47.0 Å². The monoisotopic (exact) mass is 352 g/mol. The maximum absolute atomic E-state index is 13.0. The van der Waals surface area contributed by atoms with Crippen LogP contribution in [0, 0.1) is 12.7 Å². The number of nitrogens with zero attached hydrogens (tertiary/aromatic N) is 1. The van der Waals surface area contributed by atoms with Gasteiger partial charge < -0.3 is 0 Å². The lowest BCUT2D eigenvalue weighted by Gasteiger charge is -2.19. The van der Waals surface area contributed by atoms with Crippen molar-refractivity contribution in [3.63, 3.8) is 0 Å². The standard InChI is InChI=1S/C13H21FN2O4S2/c1-4-8-16(21(3,17)18)9-7-15-22(19,20)13-6-5-12(14)10-11(13)2/h5-6,10,15H,4,7-9H2,1-3H3. The van der Waals surface area contributed by atoms with Crippen LogP contribution in [0.2, 0.25) is 0 Å². The third-order valence-electron chi connectivity index (χ3n) is 3.02. The minimum Gasteiger partial charge on any atom is -0.213 e. The molecule has 0 aliphatic heterocycles. The fourth-order valence-electron chi connectivity index (χ4n) is 1.99. The summed E-state index contributed by atoms with van der Waals surface area (Å²) in [6.45, 7) is 3.66. The topological polar surface area (TPSA) is 83.6 Å². The van der Waals surface area contributed by atoms with Crippen molar-refractivity contribution in [1.29, 1.82) is 0 Å². The molecule has 0 unspecified atom stereocenters. The smallest absolute Gasteiger partial charge is 0.213 e. The first kappa shape index (κ1) is 19.0. The molecular weight excluding hydrogens is 331 g/mol. The van der Waals surface area contributed by atoms with E-state index in [1.165, 1.54) is 17.3 Å². The van der Waals surface area contributed by atoms with Crippen molar-refractivity contribution in [3.8, 4) is 0 Å². The zero-order valence-electron chi connectivity index (χ0n) is 12.8. The van der Waals surface area contributed by atoms with E-state index in [0.717, 1.165) is 18.4 Å². The average molecular weight is 352 g/mol. The van der Waals surface area contributed by atoms with Gasteiger partial charge in [-0.1, -0.05) is 6.92 Å². The maximum atomic E-state index is 13.0. The lowest BCUT2D eigenvalue weighted by Crippen LogP contribution is -2.38. The first-order valence-corrected chi connectivity index (χ1v) is 10.1. The molecule has 9 heteroatoms. The Kier molecular flexibility index (Phi) is 6.48. The zero-order chi connectivity index (χ0) is 17.0. The Labute approximate surface area is 131 Å². The lowest BCUT2D eigenvalue weighted by molar-refractivity contribution is 0.416. The number of sulfonamides is 2. The van der Waals surface area contributed by atoms with Gasteiger partial charge in [-0.15, -0.1) is 0 Å². The van der Waals surface area contributed by atoms with Crippen LogP contribution in [0.4, 0.5) is 4.39 Å². The molecule has 0 aromatic heterocycles. The molecule has 0 bridgehead atoms. The normalized spacial score (nSPS) is 12.8. The van der Waals surface area contributed by atoms with Crippen LogP contribution in [0.25, 0.3) is 0 Å². The summed E-state index contributed by atoms with van der Waals surface area (Å²) in [5.74, 6) is -0.511. The van der Waals surface area contributed by atoms with E-state index in [-0.39, 0.29) is 18.0 Å². The predicted molar refractivity (Wildman–Crippen MR) is 83.0 cm³/mol. The Morgan fingerprint density at radius 1 is 1.18 bits per heavy atom. The van der Waals surface area contributed by atoms with Gasteiger partial charge in [0, 0.05) is 19.6 Å². The van der Waals surface area contributed by atoms with Gasteiger partial charge in [0.05, 0.1) is 11.2 Å². The number of halogens is 1. The first-order chi connectivity index (χ1) is 10.1. The van der Waals surface area contributed by atoms with Crippen LogP contribution in [0.3, 0.4) is 0 Å². The predicted octanol–water partition coefficient (Wildman–Crippen LogP) is 1.08. The van der Waals surface area contributed by atoms with Gasteiger partial charge in [-0.25, -0.2) is 30.3 Å². The van der Waals surface area contributed by atoms with Crippen LogP contribution >= 0.6 is 0 Å². The van der Waals surface area contributed by atoms with Gasteiger partial charge in [0.15, 0.2) is 0 Å². The van der Waals surface area contributed by atoms with Crippen molar-refractivity contribution < 1.29 is 21.2 Å². The summed E-state index contributed by atoms with van der Waals surface area (Å²) >= 11 is 0. The molecule has 0 fully saturated rings. The van der Waals surface area contributed by atoms with Crippen molar-refractivity contribution in [3.05, 3.63) is 29.6 Å². The second-order valence-electron chi connectivity index (χ2n) is 4.97. The van der Waals surface area contributed by atoms with E-state index < -0.39 is 25.9 Å². The molecule has 1 aromatic carbocycles. The number of rotatable bonds is 8. The van der Waals surface area contributed by atoms with Gasteiger partial charge in [-0.05, 0) is 37.1 Å². The highest BCUT2D eigenvalue weighted by atomic mass is 32.2. The Hall–Kier alpha value is -1.03. The van der Waals surface area contributed by atoms with E-state index in [4.69, 9.17) is 0 Å². The van der Waals surface area contributed by atoms with Gasteiger partial charge in [-0.2, -0.15) is 0 Å². The average Bonchev–Trinajstić information content (AvgIpc) is 2.35. The number of nitrogens with one attached hydrogen (secondary N) is 1. The third kappa shape index (κ3) is 5.31. The second kappa shape index (κ2) is 7.49. The molecule has 0 saturated carbocycles. The first-order valence-electron chi connectivity index (χ1n) is 6.79.